The molecule has 1 N–H and O–H groups in total. The Bertz CT molecular complexity index is 583. The van der Waals surface area contributed by atoms with Crippen molar-refractivity contribution in [1.29, 1.82) is 0 Å². The second kappa shape index (κ2) is 7.58. The van der Waals surface area contributed by atoms with Crippen LogP contribution in [0.1, 0.15) is 46.5 Å². The lowest BCUT2D eigenvalue weighted by molar-refractivity contribution is -0.154. The quantitative estimate of drug-likeness (QED) is 0.598. The Balaban J connectivity index is 1.60. The second-order valence-corrected chi connectivity index (χ2v) is 7.34. The van der Waals surface area contributed by atoms with Gasteiger partial charge in [0, 0.05) is 13.0 Å². The van der Waals surface area contributed by atoms with Crippen LogP contribution in [0.5, 0.6) is 0 Å². The minimum Gasteiger partial charge on any atom is -0.460 e. The maximum Gasteiger partial charge on any atom is 0.306 e. The molecule has 22 heavy (non-hydrogen) atoms. The Hall–Kier alpha value is -1.62. The molecule has 0 saturated heterocycles. The molecule has 2 rings (SSSR count). The third kappa shape index (κ3) is 5.64. The van der Waals surface area contributed by atoms with Crippen LogP contribution in [0, 0.1) is 0 Å². The number of ether oxygens (including phenoxy) is 1. The third-order valence-corrected chi connectivity index (χ3v) is 4.04. The lowest BCUT2D eigenvalue weighted by Crippen LogP contribution is -2.23. The number of carbonyl (C=O) groups excluding carboxylic acids is 1. The van der Waals surface area contributed by atoms with Crippen LogP contribution in [-0.4, -0.2) is 23.1 Å². The number of fused-ring (bicyclic) bond motifs is 1. The molecule has 4 nitrogen and oxygen atoms in total. The molecule has 0 spiro atoms. The van der Waals surface area contributed by atoms with Crippen molar-refractivity contribution in [3.63, 3.8) is 0 Å². The van der Waals surface area contributed by atoms with Crippen LogP contribution in [-0.2, 0) is 9.53 Å². The van der Waals surface area contributed by atoms with E-state index in [-0.39, 0.29) is 11.6 Å². The number of anilines is 1. The number of unbranched alkanes of at least 4 members (excludes halogenated alkanes) is 2. The molecule has 2 aromatic rings. The summed E-state index contributed by atoms with van der Waals surface area (Å²) in [6, 6.07) is 8.14. The van der Waals surface area contributed by atoms with E-state index in [0.717, 1.165) is 36.5 Å². The molecule has 1 heterocycles. The van der Waals surface area contributed by atoms with Crippen molar-refractivity contribution in [2.45, 2.75) is 52.1 Å². The molecule has 1 aromatic carbocycles. The van der Waals surface area contributed by atoms with E-state index < -0.39 is 0 Å². The van der Waals surface area contributed by atoms with Gasteiger partial charge in [-0.1, -0.05) is 29.9 Å². The summed E-state index contributed by atoms with van der Waals surface area (Å²) in [5, 5.41) is 4.32. The summed E-state index contributed by atoms with van der Waals surface area (Å²) in [5.74, 6) is -0.105. The molecule has 0 aliphatic carbocycles. The first kappa shape index (κ1) is 16.7. The lowest BCUT2D eigenvalue weighted by Gasteiger charge is -2.19. The van der Waals surface area contributed by atoms with Gasteiger partial charge in [-0.25, -0.2) is 4.98 Å². The van der Waals surface area contributed by atoms with E-state index in [0.29, 0.717) is 6.42 Å². The van der Waals surface area contributed by atoms with E-state index in [1.807, 2.05) is 39.0 Å². The Morgan fingerprint density at radius 1 is 1.23 bits per heavy atom. The molecule has 0 atom stereocenters. The molecule has 0 unspecified atom stereocenters. The molecular formula is C17H24N2O2S. The summed E-state index contributed by atoms with van der Waals surface area (Å²) in [4.78, 5) is 16.1. The molecule has 0 amide bonds. The normalized spacial score (nSPS) is 11.6. The first-order valence-corrected chi connectivity index (χ1v) is 8.57. The van der Waals surface area contributed by atoms with Crippen molar-refractivity contribution in [2.75, 3.05) is 11.9 Å². The van der Waals surface area contributed by atoms with E-state index in [1.165, 1.54) is 4.70 Å². The van der Waals surface area contributed by atoms with Gasteiger partial charge < -0.3 is 10.1 Å². The zero-order valence-corrected chi connectivity index (χ0v) is 14.3. The van der Waals surface area contributed by atoms with E-state index in [4.69, 9.17) is 4.74 Å². The minimum absolute atomic E-state index is 0.105. The maximum absolute atomic E-state index is 11.6. The van der Waals surface area contributed by atoms with E-state index >= 15 is 0 Å². The fourth-order valence-corrected chi connectivity index (χ4v) is 3.00. The fourth-order valence-electron chi connectivity index (χ4n) is 2.11. The average molecular weight is 320 g/mol. The molecule has 0 bridgehead atoms. The summed E-state index contributed by atoms with van der Waals surface area (Å²) in [6.07, 6.45) is 3.41. The molecule has 5 heteroatoms. The van der Waals surface area contributed by atoms with Gasteiger partial charge in [-0.05, 0) is 45.7 Å². The summed E-state index contributed by atoms with van der Waals surface area (Å²) >= 11 is 1.68. The van der Waals surface area contributed by atoms with Gasteiger partial charge in [0.2, 0.25) is 0 Å². The van der Waals surface area contributed by atoms with Crippen LogP contribution in [0.25, 0.3) is 10.2 Å². The molecule has 1 aromatic heterocycles. The Labute approximate surface area is 135 Å². The highest BCUT2D eigenvalue weighted by molar-refractivity contribution is 7.22. The van der Waals surface area contributed by atoms with Crippen molar-refractivity contribution in [1.82, 2.24) is 4.98 Å². The van der Waals surface area contributed by atoms with Crippen molar-refractivity contribution in [3.8, 4) is 0 Å². The SMILES string of the molecule is CC(C)(C)OC(=O)CCCCCNc1nc2ccccc2s1. The fraction of sp³-hybridized carbons (Fsp3) is 0.529. The third-order valence-electron chi connectivity index (χ3n) is 3.05. The Morgan fingerprint density at radius 3 is 2.73 bits per heavy atom. The van der Waals surface area contributed by atoms with Gasteiger partial charge >= 0.3 is 5.97 Å². The number of thiazole rings is 1. The van der Waals surface area contributed by atoms with Crippen LogP contribution in [0.3, 0.4) is 0 Å². The number of nitrogens with one attached hydrogen (secondary N) is 1. The molecule has 120 valence electrons. The van der Waals surface area contributed by atoms with Crippen LogP contribution >= 0.6 is 11.3 Å². The number of benzene rings is 1. The number of aromatic nitrogens is 1. The van der Waals surface area contributed by atoms with Gasteiger partial charge in [0.05, 0.1) is 10.2 Å². The van der Waals surface area contributed by atoms with Crippen LogP contribution < -0.4 is 5.32 Å². The summed E-state index contributed by atoms with van der Waals surface area (Å²) < 4.78 is 6.49. The lowest BCUT2D eigenvalue weighted by atomic mass is 10.1. The number of hydrogen-bond acceptors (Lipinski definition) is 5. The largest absolute Gasteiger partial charge is 0.460 e. The number of para-hydroxylation sites is 1. The Kier molecular flexibility index (Phi) is 5.77. The smallest absolute Gasteiger partial charge is 0.306 e. The highest BCUT2D eigenvalue weighted by Crippen LogP contribution is 2.25. The predicted octanol–water partition coefficient (Wildman–Crippen LogP) is 4.61. The highest BCUT2D eigenvalue weighted by Gasteiger charge is 2.15. The maximum atomic E-state index is 11.6. The van der Waals surface area contributed by atoms with Crippen LogP contribution in [0.2, 0.25) is 0 Å². The van der Waals surface area contributed by atoms with Crippen molar-refractivity contribution < 1.29 is 9.53 Å². The molecule has 0 aliphatic rings. The number of esters is 1. The van der Waals surface area contributed by atoms with Gasteiger partial charge in [-0.3, -0.25) is 4.79 Å². The first-order chi connectivity index (χ1) is 10.4. The van der Waals surface area contributed by atoms with Gasteiger partial charge in [0.15, 0.2) is 5.13 Å². The first-order valence-electron chi connectivity index (χ1n) is 7.75. The number of rotatable bonds is 7. The van der Waals surface area contributed by atoms with E-state index in [9.17, 15) is 4.79 Å². The molecular weight excluding hydrogens is 296 g/mol. The van der Waals surface area contributed by atoms with Gasteiger partial charge in [0.1, 0.15) is 5.60 Å². The van der Waals surface area contributed by atoms with Gasteiger partial charge in [0.25, 0.3) is 0 Å². The summed E-state index contributed by atoms with van der Waals surface area (Å²) in [5.41, 5.74) is 0.658. The van der Waals surface area contributed by atoms with Crippen LogP contribution in [0.15, 0.2) is 24.3 Å². The van der Waals surface area contributed by atoms with E-state index in [2.05, 4.69) is 16.4 Å². The summed E-state index contributed by atoms with van der Waals surface area (Å²) in [7, 11) is 0. The van der Waals surface area contributed by atoms with Crippen LogP contribution in [0.4, 0.5) is 5.13 Å². The number of carbonyl (C=O) groups is 1. The van der Waals surface area contributed by atoms with Crippen molar-refractivity contribution in [3.05, 3.63) is 24.3 Å². The predicted molar refractivity (Wildman–Crippen MR) is 92.4 cm³/mol. The summed E-state index contributed by atoms with van der Waals surface area (Å²) in [6.45, 7) is 6.57. The standard InChI is InChI=1S/C17H24N2O2S/c1-17(2,3)21-15(20)11-5-4-8-12-18-16-19-13-9-6-7-10-14(13)22-16/h6-7,9-10H,4-5,8,11-12H2,1-3H3,(H,18,19). The minimum atomic E-state index is -0.383. The Morgan fingerprint density at radius 2 is 2.00 bits per heavy atom. The highest BCUT2D eigenvalue weighted by atomic mass is 32.1. The number of hydrogen-bond donors (Lipinski definition) is 1. The van der Waals surface area contributed by atoms with Gasteiger partial charge in [-0.2, -0.15) is 0 Å². The molecule has 0 fully saturated rings. The van der Waals surface area contributed by atoms with Gasteiger partial charge in [-0.15, -0.1) is 0 Å². The zero-order chi connectivity index (χ0) is 16.0. The van der Waals surface area contributed by atoms with Crippen molar-refractivity contribution in [2.24, 2.45) is 0 Å². The molecule has 0 radical (unpaired) electrons. The topological polar surface area (TPSA) is 51.2 Å². The zero-order valence-electron chi connectivity index (χ0n) is 13.5. The number of nitrogens with zero attached hydrogens (tertiary/aromatic N) is 1. The average Bonchev–Trinajstić information content (AvgIpc) is 2.83. The molecule has 0 saturated carbocycles. The van der Waals surface area contributed by atoms with Crippen molar-refractivity contribution >= 4 is 32.7 Å². The second-order valence-electron chi connectivity index (χ2n) is 6.31. The van der Waals surface area contributed by atoms with E-state index in [1.54, 1.807) is 11.3 Å². The monoisotopic (exact) mass is 320 g/mol. The molecule has 0 aliphatic heterocycles.